The van der Waals surface area contributed by atoms with Gasteiger partial charge in [-0.1, -0.05) is 17.3 Å². The quantitative estimate of drug-likeness (QED) is 0.830. The van der Waals surface area contributed by atoms with E-state index in [1.807, 2.05) is 33.8 Å². The number of piperidine rings is 1. The van der Waals surface area contributed by atoms with E-state index in [0.29, 0.717) is 25.7 Å². The van der Waals surface area contributed by atoms with Crippen molar-refractivity contribution in [1.29, 1.82) is 0 Å². The standard InChI is InChI=1S/C18H22N6O2/c25-18(13-3-1-12(2-4-13)15-5-7-19-21-15)23-8-6-17-16(10-23)24-14(11-26-17)9-20-22-24/h1-4,9,15-17,19,21H,5-8,10-11H2/t15?,16-,17+/m1/s1. The highest BCUT2D eigenvalue weighted by Crippen LogP contribution is 2.30. The number of rotatable bonds is 2. The van der Waals surface area contributed by atoms with Crippen LogP contribution in [0.25, 0.3) is 0 Å². The number of ether oxygens (including phenoxy) is 1. The van der Waals surface area contributed by atoms with Crippen molar-refractivity contribution in [3.8, 4) is 0 Å². The first-order valence-electron chi connectivity index (χ1n) is 9.18. The Balaban J connectivity index is 1.32. The molecule has 0 spiro atoms. The summed E-state index contributed by atoms with van der Waals surface area (Å²) in [7, 11) is 0. The summed E-state index contributed by atoms with van der Waals surface area (Å²) in [6.45, 7) is 2.83. The Labute approximate surface area is 151 Å². The molecular formula is C18H22N6O2. The fourth-order valence-corrected chi connectivity index (χ4v) is 4.14. The van der Waals surface area contributed by atoms with Gasteiger partial charge in [0.1, 0.15) is 0 Å². The van der Waals surface area contributed by atoms with Crippen LogP contribution in [0.2, 0.25) is 0 Å². The summed E-state index contributed by atoms with van der Waals surface area (Å²) in [6.07, 6.45) is 3.73. The average Bonchev–Trinajstić information content (AvgIpc) is 3.39. The Kier molecular flexibility index (Phi) is 3.96. The number of fused-ring (bicyclic) bond motifs is 3. The van der Waals surface area contributed by atoms with E-state index in [1.54, 1.807) is 6.20 Å². The van der Waals surface area contributed by atoms with Gasteiger partial charge >= 0.3 is 0 Å². The fraction of sp³-hybridized carbons (Fsp3) is 0.500. The summed E-state index contributed by atoms with van der Waals surface area (Å²) in [5.41, 5.74) is 9.30. The molecule has 4 heterocycles. The first kappa shape index (κ1) is 15.9. The Bertz CT molecular complexity index is 798. The van der Waals surface area contributed by atoms with Gasteiger partial charge in [-0.25, -0.2) is 4.68 Å². The van der Waals surface area contributed by atoms with Crippen molar-refractivity contribution in [3.05, 3.63) is 47.3 Å². The molecule has 0 radical (unpaired) electrons. The average molecular weight is 354 g/mol. The highest BCUT2D eigenvalue weighted by atomic mass is 16.5. The molecule has 3 aliphatic heterocycles. The van der Waals surface area contributed by atoms with Gasteiger partial charge in [-0.05, 0) is 30.5 Å². The molecule has 5 rings (SSSR count). The fourth-order valence-electron chi connectivity index (χ4n) is 4.14. The highest BCUT2D eigenvalue weighted by molar-refractivity contribution is 5.94. The second-order valence-corrected chi connectivity index (χ2v) is 7.16. The van der Waals surface area contributed by atoms with Crippen LogP contribution in [0.1, 0.15) is 46.5 Å². The van der Waals surface area contributed by atoms with Crippen molar-refractivity contribution in [2.24, 2.45) is 0 Å². The van der Waals surface area contributed by atoms with Gasteiger partial charge in [-0.15, -0.1) is 5.10 Å². The number of benzene rings is 1. The summed E-state index contributed by atoms with van der Waals surface area (Å²) >= 11 is 0. The smallest absolute Gasteiger partial charge is 0.253 e. The van der Waals surface area contributed by atoms with Crippen molar-refractivity contribution >= 4 is 5.91 Å². The molecule has 0 bridgehead atoms. The molecule has 2 saturated heterocycles. The molecule has 0 aliphatic carbocycles. The molecule has 2 fully saturated rings. The summed E-state index contributed by atoms with van der Waals surface area (Å²) < 4.78 is 7.85. The van der Waals surface area contributed by atoms with Crippen LogP contribution in [-0.2, 0) is 11.3 Å². The van der Waals surface area contributed by atoms with Crippen LogP contribution in [0.5, 0.6) is 0 Å². The predicted molar refractivity (Wildman–Crippen MR) is 93.1 cm³/mol. The minimum absolute atomic E-state index is 0.0481. The maximum Gasteiger partial charge on any atom is 0.253 e. The van der Waals surface area contributed by atoms with Crippen molar-refractivity contribution in [2.75, 3.05) is 19.6 Å². The number of amides is 1. The van der Waals surface area contributed by atoms with Crippen molar-refractivity contribution in [3.63, 3.8) is 0 Å². The maximum atomic E-state index is 13.0. The first-order chi connectivity index (χ1) is 12.8. The molecule has 8 nitrogen and oxygen atoms in total. The predicted octanol–water partition coefficient (Wildman–Crippen LogP) is 0.803. The van der Waals surface area contributed by atoms with Gasteiger partial charge in [0.05, 0.1) is 30.6 Å². The van der Waals surface area contributed by atoms with Crippen LogP contribution in [-0.4, -0.2) is 51.5 Å². The maximum absolute atomic E-state index is 13.0. The molecule has 3 atom stereocenters. The number of carbonyl (C=O) groups is 1. The van der Waals surface area contributed by atoms with Crippen LogP contribution in [0.3, 0.4) is 0 Å². The summed E-state index contributed by atoms with van der Waals surface area (Å²) in [5, 5.41) is 8.19. The lowest BCUT2D eigenvalue weighted by atomic mass is 9.99. The molecule has 136 valence electrons. The third kappa shape index (κ3) is 2.70. The lowest BCUT2D eigenvalue weighted by Gasteiger charge is -2.41. The minimum Gasteiger partial charge on any atom is -0.370 e. The second-order valence-electron chi connectivity index (χ2n) is 7.16. The number of nitrogens with zero attached hydrogens (tertiary/aromatic N) is 4. The van der Waals surface area contributed by atoms with Crippen LogP contribution in [0.15, 0.2) is 30.5 Å². The Morgan fingerprint density at radius 1 is 1.23 bits per heavy atom. The molecular weight excluding hydrogens is 332 g/mol. The normalized spacial score (nSPS) is 27.8. The van der Waals surface area contributed by atoms with Gasteiger partial charge in [0, 0.05) is 31.2 Å². The number of hydrogen-bond acceptors (Lipinski definition) is 6. The van der Waals surface area contributed by atoms with Gasteiger partial charge in [-0.2, -0.15) is 0 Å². The Hall–Kier alpha value is -2.29. The number of carbonyl (C=O) groups excluding carboxylic acids is 1. The van der Waals surface area contributed by atoms with Crippen LogP contribution >= 0.6 is 0 Å². The van der Waals surface area contributed by atoms with Gasteiger partial charge in [0.25, 0.3) is 5.91 Å². The number of likely N-dealkylation sites (tertiary alicyclic amines) is 1. The summed E-state index contributed by atoms with van der Waals surface area (Å²) in [5.74, 6) is 0.0692. The zero-order valence-corrected chi connectivity index (χ0v) is 14.5. The van der Waals surface area contributed by atoms with Gasteiger partial charge in [0.15, 0.2) is 0 Å². The van der Waals surface area contributed by atoms with Crippen molar-refractivity contribution in [1.82, 2.24) is 30.7 Å². The van der Waals surface area contributed by atoms with Crippen LogP contribution < -0.4 is 10.9 Å². The molecule has 26 heavy (non-hydrogen) atoms. The summed E-state index contributed by atoms with van der Waals surface area (Å²) in [6, 6.07) is 8.32. The third-order valence-electron chi connectivity index (χ3n) is 5.61. The largest absolute Gasteiger partial charge is 0.370 e. The Morgan fingerprint density at radius 3 is 2.92 bits per heavy atom. The van der Waals surface area contributed by atoms with E-state index in [4.69, 9.17) is 4.74 Å². The van der Waals surface area contributed by atoms with Crippen molar-refractivity contribution < 1.29 is 9.53 Å². The SMILES string of the molecule is O=C(c1ccc(C2CCNN2)cc1)N1CC[C@@H]2OCc3cnnn3[C@@H]2C1. The zero-order chi connectivity index (χ0) is 17.5. The lowest BCUT2D eigenvalue weighted by molar-refractivity contribution is -0.0605. The molecule has 3 aliphatic rings. The lowest BCUT2D eigenvalue weighted by Crippen LogP contribution is -2.49. The monoisotopic (exact) mass is 354 g/mol. The molecule has 0 saturated carbocycles. The molecule has 1 unspecified atom stereocenters. The number of nitrogens with one attached hydrogen (secondary N) is 2. The van der Waals surface area contributed by atoms with Crippen LogP contribution in [0.4, 0.5) is 0 Å². The van der Waals surface area contributed by atoms with E-state index in [0.717, 1.165) is 30.6 Å². The topological polar surface area (TPSA) is 84.3 Å². The van der Waals surface area contributed by atoms with E-state index >= 15 is 0 Å². The molecule has 2 N–H and O–H groups in total. The number of hydrazine groups is 1. The third-order valence-corrected chi connectivity index (χ3v) is 5.61. The van der Waals surface area contributed by atoms with Crippen molar-refractivity contribution in [2.45, 2.75) is 37.6 Å². The molecule has 1 amide bonds. The molecule has 8 heteroatoms. The van der Waals surface area contributed by atoms with Gasteiger partial charge in [0.2, 0.25) is 0 Å². The molecule has 2 aromatic rings. The van der Waals surface area contributed by atoms with E-state index in [1.165, 1.54) is 5.56 Å². The van der Waals surface area contributed by atoms with E-state index in [9.17, 15) is 4.79 Å². The van der Waals surface area contributed by atoms with Crippen LogP contribution in [0, 0.1) is 0 Å². The van der Waals surface area contributed by atoms with E-state index in [2.05, 4.69) is 21.2 Å². The van der Waals surface area contributed by atoms with E-state index in [-0.39, 0.29) is 18.1 Å². The first-order valence-corrected chi connectivity index (χ1v) is 9.18. The van der Waals surface area contributed by atoms with Gasteiger partial charge < -0.3 is 9.64 Å². The number of hydrogen-bond donors (Lipinski definition) is 2. The minimum atomic E-state index is 0.0481. The Morgan fingerprint density at radius 2 is 2.12 bits per heavy atom. The summed E-state index contributed by atoms with van der Waals surface area (Å²) in [4.78, 5) is 14.9. The van der Waals surface area contributed by atoms with Gasteiger partial charge in [-0.3, -0.25) is 15.6 Å². The highest BCUT2D eigenvalue weighted by Gasteiger charge is 2.38. The zero-order valence-electron chi connectivity index (χ0n) is 14.5. The molecule has 1 aromatic carbocycles. The molecule has 1 aromatic heterocycles. The second kappa shape index (κ2) is 6.46. The number of aromatic nitrogens is 3. The van der Waals surface area contributed by atoms with E-state index < -0.39 is 0 Å².